The molecular formula is C8H7NO2. The molecule has 3 nitrogen and oxygen atoms in total. The minimum atomic E-state index is -0.255. The molecule has 0 aliphatic carbocycles. The highest BCUT2D eigenvalue weighted by molar-refractivity contribution is 5.95. The van der Waals surface area contributed by atoms with Gasteiger partial charge in [-0.15, -0.1) is 0 Å². The molecule has 1 aromatic rings. The molecule has 3 heteroatoms. The second-order valence-electron chi connectivity index (χ2n) is 2.36. The van der Waals surface area contributed by atoms with Gasteiger partial charge in [0.05, 0.1) is 0 Å². The van der Waals surface area contributed by atoms with Crippen LogP contribution in [0.5, 0.6) is 0 Å². The molecule has 0 spiro atoms. The van der Waals surface area contributed by atoms with Gasteiger partial charge in [-0.3, -0.25) is 0 Å². The molecule has 1 aromatic heterocycles. The Kier molecular flexibility index (Phi) is 1.28. The quantitative estimate of drug-likeness (QED) is 0.604. The van der Waals surface area contributed by atoms with E-state index < -0.39 is 0 Å². The van der Waals surface area contributed by atoms with Gasteiger partial charge in [0.15, 0.2) is 0 Å². The lowest BCUT2D eigenvalue weighted by molar-refractivity contribution is -0.134. The third kappa shape index (κ3) is 1.05. The Hall–Kier alpha value is -1.51. The zero-order valence-electron chi connectivity index (χ0n) is 5.83. The Bertz CT molecular complexity index is 298. The molecule has 1 N–H and O–H groups in total. The first-order valence-electron chi connectivity index (χ1n) is 3.37. The van der Waals surface area contributed by atoms with E-state index in [0.29, 0.717) is 6.61 Å². The number of esters is 1. The zero-order valence-corrected chi connectivity index (χ0v) is 5.83. The van der Waals surface area contributed by atoms with Crippen molar-refractivity contribution in [3.63, 3.8) is 0 Å². The second kappa shape index (κ2) is 2.27. The lowest BCUT2D eigenvalue weighted by Gasteiger charge is -1.93. The van der Waals surface area contributed by atoms with Gasteiger partial charge in [-0.25, -0.2) is 4.79 Å². The average molecular weight is 149 g/mol. The molecule has 0 atom stereocenters. The molecule has 0 bridgehead atoms. The number of H-pyrrole nitrogens is 1. The van der Waals surface area contributed by atoms with Crippen molar-refractivity contribution in [2.24, 2.45) is 0 Å². The lowest BCUT2D eigenvalue weighted by atomic mass is 10.2. The maximum atomic E-state index is 10.6. The van der Waals surface area contributed by atoms with Crippen LogP contribution in [-0.4, -0.2) is 17.6 Å². The van der Waals surface area contributed by atoms with Crippen LogP contribution >= 0.6 is 0 Å². The molecule has 0 amide bonds. The monoisotopic (exact) mass is 149 g/mol. The van der Waals surface area contributed by atoms with Gasteiger partial charge in [0.25, 0.3) is 0 Å². The fraction of sp³-hybridized carbons (Fsp3) is 0.125. The molecule has 0 fully saturated rings. The number of aromatic nitrogens is 1. The van der Waals surface area contributed by atoms with Crippen LogP contribution in [0.3, 0.4) is 0 Å². The third-order valence-electron chi connectivity index (χ3n) is 1.61. The van der Waals surface area contributed by atoms with Gasteiger partial charge in [-0.2, -0.15) is 0 Å². The van der Waals surface area contributed by atoms with E-state index in [-0.39, 0.29) is 5.97 Å². The smallest absolute Gasteiger partial charge is 0.331 e. The van der Waals surface area contributed by atoms with Crippen LogP contribution in [0.4, 0.5) is 0 Å². The first-order chi connectivity index (χ1) is 5.36. The van der Waals surface area contributed by atoms with E-state index in [2.05, 4.69) is 4.98 Å². The SMILES string of the molecule is O=C1C=C(c2ccc[nH]2)CO1. The standard InChI is InChI=1S/C8H7NO2/c10-8-4-6(5-11-8)7-2-1-3-9-7/h1-4,9H,5H2. The predicted octanol–water partition coefficient (Wildman–Crippen LogP) is 0.955. The number of carbonyl (C=O) groups is 1. The topological polar surface area (TPSA) is 42.1 Å². The Morgan fingerprint density at radius 1 is 1.55 bits per heavy atom. The number of hydrogen-bond acceptors (Lipinski definition) is 2. The van der Waals surface area contributed by atoms with E-state index in [1.54, 1.807) is 0 Å². The first-order valence-corrected chi connectivity index (χ1v) is 3.37. The fourth-order valence-electron chi connectivity index (χ4n) is 1.06. The van der Waals surface area contributed by atoms with Crippen LogP contribution in [0, 0.1) is 0 Å². The number of rotatable bonds is 1. The van der Waals surface area contributed by atoms with Gasteiger partial charge < -0.3 is 9.72 Å². The number of ether oxygens (including phenoxy) is 1. The van der Waals surface area contributed by atoms with Crippen molar-refractivity contribution >= 4 is 11.5 Å². The summed E-state index contributed by atoms with van der Waals surface area (Å²) in [5, 5.41) is 0. The van der Waals surface area contributed by atoms with Crippen LogP contribution in [-0.2, 0) is 9.53 Å². The van der Waals surface area contributed by atoms with Crippen molar-refractivity contribution in [3.05, 3.63) is 30.1 Å². The maximum Gasteiger partial charge on any atom is 0.331 e. The highest BCUT2D eigenvalue weighted by atomic mass is 16.5. The molecule has 0 aromatic carbocycles. The minimum absolute atomic E-state index is 0.255. The van der Waals surface area contributed by atoms with Crippen LogP contribution in [0.25, 0.3) is 5.57 Å². The van der Waals surface area contributed by atoms with Crippen molar-refractivity contribution in [2.45, 2.75) is 0 Å². The molecule has 56 valence electrons. The number of hydrogen-bond donors (Lipinski definition) is 1. The molecule has 2 rings (SSSR count). The summed E-state index contributed by atoms with van der Waals surface area (Å²) in [5.74, 6) is -0.255. The maximum absolute atomic E-state index is 10.6. The highest BCUT2D eigenvalue weighted by Crippen LogP contribution is 2.16. The molecule has 2 heterocycles. The van der Waals surface area contributed by atoms with E-state index in [0.717, 1.165) is 11.3 Å². The van der Waals surface area contributed by atoms with Crippen molar-refractivity contribution in [1.29, 1.82) is 0 Å². The highest BCUT2D eigenvalue weighted by Gasteiger charge is 2.14. The van der Waals surface area contributed by atoms with Gasteiger partial charge in [-0.05, 0) is 12.1 Å². The Balaban J connectivity index is 2.31. The van der Waals surface area contributed by atoms with Gasteiger partial charge >= 0.3 is 5.97 Å². The van der Waals surface area contributed by atoms with Crippen LogP contribution < -0.4 is 0 Å². The largest absolute Gasteiger partial charge is 0.458 e. The van der Waals surface area contributed by atoms with Gasteiger partial charge in [0.2, 0.25) is 0 Å². The average Bonchev–Trinajstić information content (AvgIpc) is 2.55. The lowest BCUT2D eigenvalue weighted by Crippen LogP contribution is -1.91. The first kappa shape index (κ1) is 6.22. The van der Waals surface area contributed by atoms with Crippen molar-refractivity contribution in [1.82, 2.24) is 4.98 Å². The van der Waals surface area contributed by atoms with Crippen molar-refractivity contribution < 1.29 is 9.53 Å². The third-order valence-corrected chi connectivity index (χ3v) is 1.61. The molecule has 1 aliphatic heterocycles. The molecule has 0 saturated carbocycles. The zero-order chi connectivity index (χ0) is 7.68. The summed E-state index contributed by atoms with van der Waals surface area (Å²) in [6, 6.07) is 3.80. The summed E-state index contributed by atoms with van der Waals surface area (Å²) in [4.78, 5) is 13.6. The van der Waals surface area contributed by atoms with E-state index in [1.165, 1.54) is 6.08 Å². The summed E-state index contributed by atoms with van der Waals surface area (Å²) in [7, 11) is 0. The Labute approximate surface area is 63.7 Å². The van der Waals surface area contributed by atoms with Crippen molar-refractivity contribution in [2.75, 3.05) is 6.61 Å². The van der Waals surface area contributed by atoms with Gasteiger partial charge in [0.1, 0.15) is 6.61 Å². The Morgan fingerprint density at radius 2 is 2.45 bits per heavy atom. The number of nitrogens with one attached hydrogen (secondary N) is 1. The van der Waals surface area contributed by atoms with E-state index >= 15 is 0 Å². The predicted molar refractivity (Wildman–Crippen MR) is 39.7 cm³/mol. The van der Waals surface area contributed by atoms with Gasteiger partial charge in [-0.1, -0.05) is 0 Å². The minimum Gasteiger partial charge on any atom is -0.458 e. The molecular weight excluding hydrogens is 142 g/mol. The summed E-state index contributed by atoms with van der Waals surface area (Å²) >= 11 is 0. The summed E-state index contributed by atoms with van der Waals surface area (Å²) < 4.78 is 4.74. The van der Waals surface area contributed by atoms with Crippen LogP contribution in [0.2, 0.25) is 0 Å². The van der Waals surface area contributed by atoms with Crippen LogP contribution in [0.15, 0.2) is 24.4 Å². The molecule has 0 saturated heterocycles. The number of carbonyl (C=O) groups excluding carboxylic acids is 1. The van der Waals surface area contributed by atoms with Gasteiger partial charge in [0, 0.05) is 23.5 Å². The Morgan fingerprint density at radius 3 is 3.00 bits per heavy atom. The van der Waals surface area contributed by atoms with Crippen molar-refractivity contribution in [3.8, 4) is 0 Å². The van der Waals surface area contributed by atoms with E-state index in [4.69, 9.17) is 4.74 Å². The molecule has 0 unspecified atom stereocenters. The summed E-state index contributed by atoms with van der Waals surface area (Å²) in [6.45, 7) is 0.388. The summed E-state index contributed by atoms with van der Waals surface area (Å²) in [5.41, 5.74) is 1.87. The second-order valence-corrected chi connectivity index (χ2v) is 2.36. The van der Waals surface area contributed by atoms with E-state index in [9.17, 15) is 4.79 Å². The van der Waals surface area contributed by atoms with Crippen LogP contribution in [0.1, 0.15) is 5.69 Å². The summed E-state index contributed by atoms with van der Waals surface area (Å²) in [6.07, 6.45) is 3.32. The molecule has 11 heavy (non-hydrogen) atoms. The van der Waals surface area contributed by atoms with E-state index in [1.807, 2.05) is 18.3 Å². The number of aromatic amines is 1. The molecule has 1 aliphatic rings. The fourth-order valence-corrected chi connectivity index (χ4v) is 1.06. The molecule has 0 radical (unpaired) electrons. The normalized spacial score (nSPS) is 16.4. The number of cyclic esters (lactones) is 1.